The highest BCUT2D eigenvalue weighted by Gasteiger charge is 2.09. The zero-order chi connectivity index (χ0) is 20.0. The lowest BCUT2D eigenvalue weighted by Gasteiger charge is -2.25. The molecule has 6 nitrogen and oxygen atoms in total. The summed E-state index contributed by atoms with van der Waals surface area (Å²) in [6.07, 6.45) is 3.63. The van der Waals surface area contributed by atoms with E-state index in [1.807, 2.05) is 12.1 Å². The smallest absolute Gasteiger partial charge is 0.190 e. The highest BCUT2D eigenvalue weighted by Crippen LogP contribution is 2.07. The van der Waals surface area contributed by atoms with Crippen LogP contribution in [-0.4, -0.2) is 50.7 Å². The number of hydrogen-bond donors (Lipinski definition) is 2. The number of aliphatic imine (C=N–C) groups is 1. The predicted molar refractivity (Wildman–Crippen MR) is 114 cm³/mol. The molecule has 28 heavy (non-hydrogen) atoms. The number of nitrogens with zero attached hydrogens (tertiary/aromatic N) is 2. The minimum absolute atomic E-state index is 0.487. The predicted octanol–water partition coefficient (Wildman–Crippen LogP) is 3.26. The number of rotatable bonds is 12. The Morgan fingerprint density at radius 2 is 1.93 bits per heavy atom. The standard InChI is InChI=1S/C22H34N4O2/c1-19(26(3)17-20-9-5-4-6-10-20)12-14-25-22(23-2)24-13-8-15-27-18-21-11-7-16-28-21/h4-7,9-11,16,19H,8,12-15,17-18H2,1-3H3,(H2,23,24,25). The summed E-state index contributed by atoms with van der Waals surface area (Å²) in [4.78, 5) is 6.66. The lowest BCUT2D eigenvalue weighted by Crippen LogP contribution is -2.40. The van der Waals surface area contributed by atoms with Crippen LogP contribution < -0.4 is 10.6 Å². The zero-order valence-electron chi connectivity index (χ0n) is 17.4. The molecule has 1 aromatic carbocycles. The normalized spacial score (nSPS) is 12.9. The summed E-state index contributed by atoms with van der Waals surface area (Å²) in [5, 5.41) is 6.72. The van der Waals surface area contributed by atoms with Crippen LogP contribution in [0.5, 0.6) is 0 Å². The molecule has 2 aromatic rings. The Morgan fingerprint density at radius 1 is 1.14 bits per heavy atom. The Hall–Kier alpha value is -2.31. The van der Waals surface area contributed by atoms with Crippen LogP contribution in [-0.2, 0) is 17.9 Å². The Morgan fingerprint density at radius 3 is 2.64 bits per heavy atom. The first-order valence-electron chi connectivity index (χ1n) is 9.98. The summed E-state index contributed by atoms with van der Waals surface area (Å²) in [6.45, 7) is 6.14. The third-order valence-corrected chi connectivity index (χ3v) is 4.69. The van der Waals surface area contributed by atoms with Crippen LogP contribution in [0.15, 0.2) is 58.1 Å². The fraction of sp³-hybridized carbons (Fsp3) is 0.500. The quantitative estimate of drug-likeness (QED) is 0.333. The largest absolute Gasteiger partial charge is 0.467 e. The molecule has 0 saturated heterocycles. The molecule has 0 aliphatic carbocycles. The fourth-order valence-corrected chi connectivity index (χ4v) is 2.82. The molecule has 1 atom stereocenters. The molecule has 0 aliphatic heterocycles. The molecule has 0 radical (unpaired) electrons. The van der Waals surface area contributed by atoms with Crippen molar-refractivity contribution in [3.8, 4) is 0 Å². The molecule has 0 bridgehead atoms. The Balaban J connectivity index is 1.53. The van der Waals surface area contributed by atoms with E-state index in [0.717, 1.165) is 44.2 Å². The topological polar surface area (TPSA) is 62.0 Å². The fourth-order valence-electron chi connectivity index (χ4n) is 2.82. The second kappa shape index (κ2) is 13.0. The van der Waals surface area contributed by atoms with Crippen molar-refractivity contribution in [2.24, 2.45) is 4.99 Å². The monoisotopic (exact) mass is 386 g/mol. The number of nitrogens with one attached hydrogen (secondary N) is 2. The van der Waals surface area contributed by atoms with Gasteiger partial charge in [0.1, 0.15) is 12.4 Å². The van der Waals surface area contributed by atoms with Gasteiger partial charge in [-0.15, -0.1) is 0 Å². The van der Waals surface area contributed by atoms with Crippen molar-refractivity contribution in [3.05, 3.63) is 60.1 Å². The SMILES string of the molecule is CN=C(NCCCOCc1ccco1)NCCC(C)N(C)Cc1ccccc1. The molecule has 0 spiro atoms. The first-order valence-corrected chi connectivity index (χ1v) is 9.98. The molecule has 154 valence electrons. The molecule has 6 heteroatoms. The first kappa shape index (κ1) is 22.0. The van der Waals surface area contributed by atoms with Gasteiger partial charge in [-0.3, -0.25) is 9.89 Å². The molecular formula is C22H34N4O2. The lowest BCUT2D eigenvalue weighted by molar-refractivity contribution is 0.105. The summed E-state index contributed by atoms with van der Waals surface area (Å²) in [5.41, 5.74) is 1.34. The number of ether oxygens (including phenoxy) is 1. The third-order valence-electron chi connectivity index (χ3n) is 4.69. The van der Waals surface area contributed by atoms with Crippen molar-refractivity contribution in [1.82, 2.24) is 15.5 Å². The van der Waals surface area contributed by atoms with Crippen LogP contribution in [0, 0.1) is 0 Å². The first-order chi connectivity index (χ1) is 13.7. The van der Waals surface area contributed by atoms with E-state index in [1.54, 1.807) is 13.3 Å². The van der Waals surface area contributed by atoms with E-state index in [2.05, 4.69) is 64.8 Å². The van der Waals surface area contributed by atoms with Crippen LogP contribution in [0.1, 0.15) is 31.1 Å². The van der Waals surface area contributed by atoms with Crippen molar-refractivity contribution in [2.75, 3.05) is 33.8 Å². The van der Waals surface area contributed by atoms with Gasteiger partial charge in [0.2, 0.25) is 0 Å². The molecule has 1 heterocycles. The van der Waals surface area contributed by atoms with Gasteiger partial charge in [0, 0.05) is 39.3 Å². The van der Waals surface area contributed by atoms with Crippen molar-refractivity contribution in [3.63, 3.8) is 0 Å². The van der Waals surface area contributed by atoms with Gasteiger partial charge in [-0.25, -0.2) is 0 Å². The minimum atomic E-state index is 0.487. The molecule has 0 aliphatic rings. The summed E-state index contributed by atoms with van der Waals surface area (Å²) >= 11 is 0. The Bertz CT molecular complexity index is 658. The molecule has 1 aromatic heterocycles. The van der Waals surface area contributed by atoms with E-state index >= 15 is 0 Å². The van der Waals surface area contributed by atoms with Gasteiger partial charge in [0.05, 0.1) is 6.26 Å². The van der Waals surface area contributed by atoms with Gasteiger partial charge >= 0.3 is 0 Å². The molecule has 0 fully saturated rings. The second-order valence-electron chi connectivity index (χ2n) is 6.95. The van der Waals surface area contributed by atoms with Gasteiger partial charge in [-0.05, 0) is 44.5 Å². The second-order valence-corrected chi connectivity index (χ2v) is 6.95. The maximum absolute atomic E-state index is 5.58. The van der Waals surface area contributed by atoms with Crippen molar-refractivity contribution in [2.45, 2.75) is 39.0 Å². The van der Waals surface area contributed by atoms with E-state index in [9.17, 15) is 0 Å². The van der Waals surface area contributed by atoms with Crippen LogP contribution >= 0.6 is 0 Å². The van der Waals surface area contributed by atoms with Gasteiger partial charge < -0.3 is 19.8 Å². The number of furan rings is 1. The van der Waals surface area contributed by atoms with Crippen LogP contribution in [0.2, 0.25) is 0 Å². The van der Waals surface area contributed by atoms with E-state index in [1.165, 1.54) is 5.56 Å². The highest BCUT2D eigenvalue weighted by atomic mass is 16.5. The van der Waals surface area contributed by atoms with Crippen LogP contribution in [0.3, 0.4) is 0 Å². The number of guanidine groups is 1. The summed E-state index contributed by atoms with van der Waals surface area (Å²) in [6, 6.07) is 14.9. The Labute approximate surface area is 169 Å². The van der Waals surface area contributed by atoms with Crippen molar-refractivity contribution < 1.29 is 9.15 Å². The Kier molecular flexibility index (Phi) is 10.2. The van der Waals surface area contributed by atoms with E-state index in [0.29, 0.717) is 19.3 Å². The molecule has 2 rings (SSSR count). The zero-order valence-corrected chi connectivity index (χ0v) is 17.4. The van der Waals surface area contributed by atoms with E-state index in [4.69, 9.17) is 9.15 Å². The molecule has 0 amide bonds. The molecule has 0 saturated carbocycles. The number of hydrogen-bond acceptors (Lipinski definition) is 4. The van der Waals surface area contributed by atoms with Gasteiger partial charge in [-0.2, -0.15) is 0 Å². The molecule has 2 N–H and O–H groups in total. The van der Waals surface area contributed by atoms with Crippen molar-refractivity contribution in [1.29, 1.82) is 0 Å². The maximum Gasteiger partial charge on any atom is 0.190 e. The lowest BCUT2D eigenvalue weighted by atomic mass is 10.1. The summed E-state index contributed by atoms with van der Waals surface area (Å²) in [5.74, 6) is 1.70. The highest BCUT2D eigenvalue weighted by molar-refractivity contribution is 5.79. The minimum Gasteiger partial charge on any atom is -0.467 e. The van der Waals surface area contributed by atoms with E-state index < -0.39 is 0 Å². The number of benzene rings is 1. The van der Waals surface area contributed by atoms with Gasteiger partial charge in [0.15, 0.2) is 5.96 Å². The average Bonchev–Trinajstić information content (AvgIpc) is 3.23. The van der Waals surface area contributed by atoms with Gasteiger partial charge in [0.25, 0.3) is 0 Å². The third kappa shape index (κ3) is 8.59. The molecule has 1 unspecified atom stereocenters. The van der Waals surface area contributed by atoms with Crippen LogP contribution in [0.4, 0.5) is 0 Å². The van der Waals surface area contributed by atoms with Gasteiger partial charge in [-0.1, -0.05) is 30.3 Å². The molecular weight excluding hydrogens is 352 g/mol. The summed E-state index contributed by atoms with van der Waals surface area (Å²) < 4.78 is 10.8. The summed E-state index contributed by atoms with van der Waals surface area (Å²) in [7, 11) is 3.97. The van der Waals surface area contributed by atoms with Crippen molar-refractivity contribution >= 4 is 5.96 Å². The maximum atomic E-state index is 5.58. The van der Waals surface area contributed by atoms with Crippen LogP contribution in [0.25, 0.3) is 0 Å². The average molecular weight is 387 g/mol. The van der Waals surface area contributed by atoms with E-state index in [-0.39, 0.29) is 0 Å².